The van der Waals surface area contributed by atoms with Crippen LogP contribution in [0.3, 0.4) is 0 Å². The van der Waals surface area contributed by atoms with Gasteiger partial charge in [0.05, 0.1) is 12.6 Å². The molecule has 17 heavy (non-hydrogen) atoms. The predicted octanol–water partition coefficient (Wildman–Crippen LogP) is -0.214. The van der Waals surface area contributed by atoms with Crippen molar-refractivity contribution in [3.8, 4) is 0 Å². The van der Waals surface area contributed by atoms with E-state index in [1.54, 1.807) is 0 Å². The zero-order valence-electron chi connectivity index (χ0n) is 10.2. The monoisotopic (exact) mass is 242 g/mol. The first kappa shape index (κ1) is 12.8. The maximum atomic E-state index is 11.9. The number of amides is 1. The Hall–Kier alpha value is -0.650. The molecule has 2 fully saturated rings. The summed E-state index contributed by atoms with van der Waals surface area (Å²) in [6, 6.07) is -0.164. The fraction of sp³-hybridized carbons (Fsp3) is 0.917. The molecule has 0 spiro atoms. The highest BCUT2D eigenvalue weighted by Crippen LogP contribution is 2.22. The van der Waals surface area contributed by atoms with Crippen LogP contribution in [0.2, 0.25) is 0 Å². The van der Waals surface area contributed by atoms with E-state index < -0.39 is 0 Å². The molecular weight excluding hydrogens is 220 g/mol. The lowest BCUT2D eigenvalue weighted by molar-refractivity contribution is -0.124. The Morgan fingerprint density at radius 3 is 2.88 bits per heavy atom. The topological polar surface area (TPSA) is 70.6 Å². The zero-order valence-corrected chi connectivity index (χ0v) is 10.2. The van der Waals surface area contributed by atoms with E-state index in [4.69, 9.17) is 4.74 Å². The van der Waals surface area contributed by atoms with E-state index in [2.05, 4.69) is 10.6 Å². The molecule has 0 saturated carbocycles. The van der Waals surface area contributed by atoms with Crippen molar-refractivity contribution in [2.24, 2.45) is 0 Å². The predicted molar refractivity (Wildman–Crippen MR) is 63.7 cm³/mol. The van der Waals surface area contributed by atoms with Crippen LogP contribution in [0.4, 0.5) is 0 Å². The summed E-state index contributed by atoms with van der Waals surface area (Å²) in [5, 5.41) is 15.9. The van der Waals surface area contributed by atoms with Gasteiger partial charge in [-0.05, 0) is 32.1 Å². The first-order chi connectivity index (χ1) is 8.26. The molecule has 5 nitrogen and oxygen atoms in total. The second-order valence-electron chi connectivity index (χ2n) is 5.03. The molecule has 1 amide bonds. The Morgan fingerprint density at radius 2 is 2.18 bits per heavy atom. The molecule has 2 saturated heterocycles. The summed E-state index contributed by atoms with van der Waals surface area (Å²) in [5.41, 5.74) is -0.329. The highest BCUT2D eigenvalue weighted by molar-refractivity contribution is 5.82. The number of hydrogen-bond acceptors (Lipinski definition) is 4. The van der Waals surface area contributed by atoms with Crippen molar-refractivity contribution in [1.82, 2.24) is 10.6 Å². The van der Waals surface area contributed by atoms with E-state index in [0.717, 1.165) is 38.6 Å². The molecule has 0 bridgehead atoms. The van der Waals surface area contributed by atoms with Crippen LogP contribution in [-0.2, 0) is 9.53 Å². The SMILES string of the molecule is O=C1NCCCCC1NC1(CO)CCOCC1. The van der Waals surface area contributed by atoms with Gasteiger partial charge >= 0.3 is 0 Å². The Morgan fingerprint density at radius 1 is 1.41 bits per heavy atom. The molecule has 0 aliphatic carbocycles. The first-order valence-corrected chi connectivity index (χ1v) is 6.50. The van der Waals surface area contributed by atoms with Gasteiger partial charge in [-0.1, -0.05) is 0 Å². The molecule has 0 aromatic heterocycles. The van der Waals surface area contributed by atoms with Crippen LogP contribution < -0.4 is 10.6 Å². The molecule has 98 valence electrons. The van der Waals surface area contributed by atoms with Gasteiger partial charge in [-0.3, -0.25) is 10.1 Å². The van der Waals surface area contributed by atoms with Crippen molar-refractivity contribution in [3.05, 3.63) is 0 Å². The molecule has 2 heterocycles. The van der Waals surface area contributed by atoms with E-state index in [-0.39, 0.29) is 24.1 Å². The minimum absolute atomic E-state index is 0.0696. The first-order valence-electron chi connectivity index (χ1n) is 6.50. The van der Waals surface area contributed by atoms with Crippen molar-refractivity contribution < 1.29 is 14.6 Å². The van der Waals surface area contributed by atoms with Crippen molar-refractivity contribution in [3.63, 3.8) is 0 Å². The van der Waals surface area contributed by atoms with Gasteiger partial charge in [0, 0.05) is 25.3 Å². The number of nitrogens with one attached hydrogen (secondary N) is 2. The average Bonchev–Trinajstić information content (AvgIpc) is 2.56. The number of carbonyl (C=O) groups excluding carboxylic acids is 1. The number of carbonyl (C=O) groups is 1. The number of aliphatic hydroxyl groups is 1. The third-order valence-corrected chi connectivity index (χ3v) is 3.77. The largest absolute Gasteiger partial charge is 0.394 e. The van der Waals surface area contributed by atoms with E-state index in [1.807, 2.05) is 0 Å². The minimum Gasteiger partial charge on any atom is -0.394 e. The molecule has 2 aliphatic rings. The van der Waals surface area contributed by atoms with E-state index in [0.29, 0.717) is 13.2 Å². The number of ether oxygens (including phenoxy) is 1. The van der Waals surface area contributed by atoms with Crippen LogP contribution in [0.15, 0.2) is 0 Å². The molecule has 1 unspecified atom stereocenters. The highest BCUT2D eigenvalue weighted by Gasteiger charge is 2.36. The maximum Gasteiger partial charge on any atom is 0.237 e. The lowest BCUT2D eigenvalue weighted by Gasteiger charge is -2.39. The molecule has 2 rings (SSSR count). The molecule has 0 aromatic carbocycles. The van der Waals surface area contributed by atoms with E-state index in [1.165, 1.54) is 0 Å². The second-order valence-corrected chi connectivity index (χ2v) is 5.03. The molecule has 3 N–H and O–H groups in total. The van der Waals surface area contributed by atoms with Crippen LogP contribution in [0.25, 0.3) is 0 Å². The van der Waals surface area contributed by atoms with Gasteiger partial charge in [0.1, 0.15) is 0 Å². The van der Waals surface area contributed by atoms with Crippen LogP contribution >= 0.6 is 0 Å². The fourth-order valence-corrected chi connectivity index (χ4v) is 2.56. The quantitative estimate of drug-likeness (QED) is 0.640. The summed E-state index contributed by atoms with van der Waals surface area (Å²) in [6.45, 7) is 2.15. The zero-order chi connectivity index (χ0) is 12.1. The van der Waals surface area contributed by atoms with Crippen LogP contribution in [0.1, 0.15) is 32.1 Å². The van der Waals surface area contributed by atoms with Gasteiger partial charge in [0.25, 0.3) is 0 Å². The molecule has 0 aromatic rings. The molecule has 2 aliphatic heterocycles. The van der Waals surface area contributed by atoms with Gasteiger partial charge in [0.15, 0.2) is 0 Å². The summed E-state index contributed by atoms with van der Waals surface area (Å²) < 4.78 is 5.32. The standard InChI is InChI=1S/C12H22N2O3/c15-9-12(4-7-17-8-5-12)14-10-3-1-2-6-13-11(10)16/h10,14-15H,1-9H2,(H,13,16). The number of hydrogen-bond donors (Lipinski definition) is 3. The van der Waals surface area contributed by atoms with Crippen LogP contribution in [0, 0.1) is 0 Å². The summed E-state index contributed by atoms with van der Waals surface area (Å²) in [6.07, 6.45) is 4.49. The molecule has 0 radical (unpaired) electrons. The van der Waals surface area contributed by atoms with Gasteiger partial charge < -0.3 is 15.2 Å². The molecular formula is C12H22N2O3. The summed E-state index contributed by atoms with van der Waals surface area (Å²) in [7, 11) is 0. The lowest BCUT2D eigenvalue weighted by atomic mass is 9.89. The Balaban J connectivity index is 1.98. The van der Waals surface area contributed by atoms with E-state index >= 15 is 0 Å². The smallest absolute Gasteiger partial charge is 0.237 e. The van der Waals surface area contributed by atoms with Crippen LogP contribution in [0.5, 0.6) is 0 Å². The number of aliphatic hydroxyl groups excluding tert-OH is 1. The third kappa shape index (κ3) is 3.18. The lowest BCUT2D eigenvalue weighted by Crippen LogP contribution is -2.59. The van der Waals surface area contributed by atoms with E-state index in [9.17, 15) is 9.90 Å². The van der Waals surface area contributed by atoms with Crippen molar-refractivity contribution in [2.45, 2.75) is 43.7 Å². The Kier molecular flexibility index (Phi) is 4.36. The number of rotatable bonds is 3. The molecule has 5 heteroatoms. The summed E-state index contributed by atoms with van der Waals surface area (Å²) in [4.78, 5) is 11.9. The van der Waals surface area contributed by atoms with Gasteiger partial charge in [0.2, 0.25) is 5.91 Å². The second kappa shape index (κ2) is 5.80. The van der Waals surface area contributed by atoms with Gasteiger partial charge in [-0.25, -0.2) is 0 Å². The van der Waals surface area contributed by atoms with Crippen molar-refractivity contribution >= 4 is 5.91 Å². The third-order valence-electron chi connectivity index (χ3n) is 3.77. The Bertz CT molecular complexity index is 264. The van der Waals surface area contributed by atoms with Crippen LogP contribution in [-0.4, -0.2) is 49.0 Å². The van der Waals surface area contributed by atoms with Gasteiger partial charge in [-0.15, -0.1) is 0 Å². The average molecular weight is 242 g/mol. The highest BCUT2D eigenvalue weighted by atomic mass is 16.5. The Labute approximate surface area is 102 Å². The molecule has 1 atom stereocenters. The summed E-state index contributed by atoms with van der Waals surface area (Å²) >= 11 is 0. The van der Waals surface area contributed by atoms with Gasteiger partial charge in [-0.2, -0.15) is 0 Å². The minimum atomic E-state index is -0.329. The fourth-order valence-electron chi connectivity index (χ4n) is 2.56. The summed E-state index contributed by atoms with van der Waals surface area (Å²) in [5.74, 6) is 0.0711. The van der Waals surface area contributed by atoms with Crippen molar-refractivity contribution in [2.75, 3.05) is 26.4 Å². The van der Waals surface area contributed by atoms with Crippen molar-refractivity contribution in [1.29, 1.82) is 0 Å². The maximum absolute atomic E-state index is 11.9. The normalized spacial score (nSPS) is 29.5.